The predicted octanol–water partition coefficient (Wildman–Crippen LogP) is 7.88. The Hall–Kier alpha value is -1.69. The quantitative estimate of drug-likeness (QED) is 0.255. The van der Waals surface area contributed by atoms with Gasteiger partial charge in [0.25, 0.3) is 0 Å². The average Bonchev–Trinajstić information content (AvgIpc) is 2.97. The second kappa shape index (κ2) is 10.9. The normalized spacial score (nSPS) is 46.0. The third-order valence-corrected chi connectivity index (χ3v) is 14.8. The number of carbonyl (C=O) groups is 1. The van der Waals surface area contributed by atoms with Gasteiger partial charge in [-0.1, -0.05) is 90.4 Å². The summed E-state index contributed by atoms with van der Waals surface area (Å²) in [5, 5.41) is 21.6. The number of benzene rings is 1. The molecule has 0 radical (unpaired) electrons. The van der Waals surface area contributed by atoms with Gasteiger partial charge in [0.2, 0.25) is 0 Å². The number of aliphatic hydroxyl groups excluding tert-OH is 2. The second-order valence-corrected chi connectivity index (χ2v) is 17.6. The number of ether oxygens (including phenoxy) is 2. The van der Waals surface area contributed by atoms with E-state index < -0.39 is 11.5 Å². The Morgan fingerprint density at radius 1 is 0.886 bits per heavy atom. The van der Waals surface area contributed by atoms with Crippen molar-refractivity contribution in [1.82, 2.24) is 0 Å². The van der Waals surface area contributed by atoms with Crippen molar-refractivity contribution >= 4 is 5.97 Å². The summed E-state index contributed by atoms with van der Waals surface area (Å²) in [5.41, 5.74) is 2.57. The van der Waals surface area contributed by atoms with Crippen molar-refractivity contribution in [1.29, 1.82) is 0 Å². The summed E-state index contributed by atoms with van der Waals surface area (Å²) in [6.07, 6.45) is 11.3. The Morgan fingerprint density at radius 2 is 1.61 bits per heavy atom. The first kappa shape index (κ1) is 32.3. The van der Waals surface area contributed by atoms with Gasteiger partial charge < -0.3 is 19.7 Å². The third kappa shape index (κ3) is 4.77. The molecule has 0 spiro atoms. The summed E-state index contributed by atoms with van der Waals surface area (Å²) in [6.45, 7) is 17.3. The van der Waals surface area contributed by atoms with Crippen LogP contribution in [0.3, 0.4) is 0 Å². The van der Waals surface area contributed by atoms with E-state index >= 15 is 0 Å². The van der Waals surface area contributed by atoms with Gasteiger partial charge in [-0.2, -0.15) is 0 Å². The van der Waals surface area contributed by atoms with Crippen LogP contribution in [0.4, 0.5) is 0 Å². The molecule has 2 N–H and O–H groups in total. The van der Waals surface area contributed by atoms with Crippen LogP contribution in [0.25, 0.3) is 0 Å². The van der Waals surface area contributed by atoms with E-state index in [1.807, 2.05) is 30.3 Å². The zero-order valence-corrected chi connectivity index (χ0v) is 28.5. The van der Waals surface area contributed by atoms with E-state index in [2.05, 4.69) is 54.5 Å². The van der Waals surface area contributed by atoms with Gasteiger partial charge in [0.1, 0.15) is 12.7 Å². The number of carbonyl (C=O) groups excluding carboxylic acids is 1. The fourth-order valence-electron chi connectivity index (χ4n) is 11.9. The van der Waals surface area contributed by atoms with Crippen LogP contribution in [0.1, 0.15) is 112 Å². The van der Waals surface area contributed by atoms with E-state index in [4.69, 9.17) is 9.47 Å². The molecule has 0 bridgehead atoms. The molecular formula is C39H58O5. The largest absolute Gasteiger partial charge is 0.460 e. The van der Waals surface area contributed by atoms with Gasteiger partial charge in [0, 0.05) is 10.8 Å². The molecule has 44 heavy (non-hydrogen) atoms. The molecule has 0 saturated heterocycles. The fourth-order valence-corrected chi connectivity index (χ4v) is 11.9. The van der Waals surface area contributed by atoms with Crippen LogP contribution in [-0.4, -0.2) is 41.6 Å². The molecule has 5 nitrogen and oxygen atoms in total. The summed E-state index contributed by atoms with van der Waals surface area (Å²) in [6, 6.07) is 9.98. The highest BCUT2D eigenvalue weighted by Crippen LogP contribution is 2.75. The molecule has 1 unspecified atom stereocenters. The summed E-state index contributed by atoms with van der Waals surface area (Å²) >= 11 is 0. The van der Waals surface area contributed by atoms with Gasteiger partial charge in [-0.15, -0.1) is 0 Å². The topological polar surface area (TPSA) is 76.0 Å². The number of esters is 1. The third-order valence-electron chi connectivity index (χ3n) is 14.8. The minimum absolute atomic E-state index is 0.0199. The van der Waals surface area contributed by atoms with E-state index in [0.717, 1.165) is 63.4 Å². The molecule has 1 aromatic carbocycles. The number of rotatable bonds is 6. The fraction of sp³-hybridized carbons (Fsp3) is 0.769. The molecule has 1 aromatic rings. The van der Waals surface area contributed by atoms with E-state index in [0.29, 0.717) is 24.4 Å². The van der Waals surface area contributed by atoms with Gasteiger partial charge in [0.15, 0.2) is 0 Å². The van der Waals surface area contributed by atoms with Crippen molar-refractivity contribution in [2.75, 3.05) is 13.2 Å². The molecule has 4 fully saturated rings. The van der Waals surface area contributed by atoms with Gasteiger partial charge in [-0.25, -0.2) is 4.79 Å². The first-order valence-corrected chi connectivity index (χ1v) is 17.4. The SMILES string of the molecule is CC1(C)C[C@@H]2C3=CC[C@@H]4[C@@]5(C)CC[C@H](O)[C@@](C)(CO)C5CC[C@@]4(C)[C@]3(C)CC[C@@]2(C)[C@H](OC(=O)COCc2ccccc2)C1. The first-order chi connectivity index (χ1) is 20.6. The van der Waals surface area contributed by atoms with Crippen LogP contribution in [0, 0.1) is 50.2 Å². The molecule has 0 amide bonds. The second-order valence-electron chi connectivity index (χ2n) is 17.6. The van der Waals surface area contributed by atoms with E-state index in [1.165, 1.54) is 0 Å². The van der Waals surface area contributed by atoms with Crippen LogP contribution in [0.2, 0.25) is 0 Å². The van der Waals surface area contributed by atoms with Crippen LogP contribution in [0.5, 0.6) is 0 Å². The van der Waals surface area contributed by atoms with Crippen molar-refractivity contribution in [3.8, 4) is 0 Å². The average molecular weight is 607 g/mol. The summed E-state index contributed by atoms with van der Waals surface area (Å²) < 4.78 is 12.2. The highest BCUT2D eigenvalue weighted by molar-refractivity contribution is 5.71. The minimum atomic E-state index is -0.431. The van der Waals surface area contributed by atoms with Crippen molar-refractivity contribution in [2.24, 2.45) is 50.2 Å². The smallest absolute Gasteiger partial charge is 0.332 e. The van der Waals surface area contributed by atoms with Gasteiger partial charge in [-0.05, 0) is 103 Å². The molecule has 5 aliphatic rings. The molecule has 5 aliphatic carbocycles. The maximum Gasteiger partial charge on any atom is 0.332 e. The van der Waals surface area contributed by atoms with E-state index in [9.17, 15) is 15.0 Å². The Balaban J connectivity index is 1.26. The Kier molecular flexibility index (Phi) is 8.02. The van der Waals surface area contributed by atoms with Crippen LogP contribution >= 0.6 is 0 Å². The summed E-state index contributed by atoms with van der Waals surface area (Å²) in [7, 11) is 0. The lowest BCUT2D eigenvalue weighted by atomic mass is 9.33. The number of fused-ring (bicyclic) bond motifs is 7. The molecule has 6 rings (SSSR count). The standard InChI is InChI=1S/C39H58O5/c1-34(2)21-28-27-13-14-30-36(4)17-16-31(41)37(5,25-40)29(36)15-18-39(30,7)38(27,6)20-19-35(28,3)32(22-34)44-33(42)24-43-23-26-11-9-8-10-12-26/h8-13,28-32,40-41H,14-25H2,1-7H3/t28-,29?,30-,31+,32-,35-,36+,37+,38-,39-/m1/s1. The lowest BCUT2D eigenvalue weighted by molar-refractivity contribution is -0.220. The van der Waals surface area contributed by atoms with E-state index in [1.54, 1.807) is 5.57 Å². The molecule has 10 atom stereocenters. The molecule has 244 valence electrons. The highest BCUT2D eigenvalue weighted by Gasteiger charge is 2.69. The Morgan fingerprint density at radius 3 is 2.32 bits per heavy atom. The van der Waals surface area contributed by atoms with Crippen LogP contribution in [0.15, 0.2) is 42.0 Å². The maximum atomic E-state index is 13.2. The molecule has 0 heterocycles. The van der Waals surface area contributed by atoms with Crippen LogP contribution in [-0.2, 0) is 20.9 Å². The zero-order valence-electron chi connectivity index (χ0n) is 28.5. The summed E-state index contributed by atoms with van der Waals surface area (Å²) in [4.78, 5) is 13.2. The molecule has 5 heteroatoms. The van der Waals surface area contributed by atoms with Crippen molar-refractivity contribution < 1.29 is 24.5 Å². The molecule has 0 aliphatic heterocycles. The van der Waals surface area contributed by atoms with Crippen LogP contribution < -0.4 is 0 Å². The van der Waals surface area contributed by atoms with Crippen molar-refractivity contribution in [3.63, 3.8) is 0 Å². The van der Waals surface area contributed by atoms with Gasteiger partial charge in [0.05, 0.1) is 19.3 Å². The zero-order chi connectivity index (χ0) is 31.8. The number of aliphatic hydroxyl groups is 2. The van der Waals surface area contributed by atoms with Gasteiger partial charge >= 0.3 is 5.97 Å². The number of hydrogen-bond acceptors (Lipinski definition) is 5. The Bertz CT molecular complexity index is 1270. The molecule has 0 aromatic heterocycles. The Labute approximate surface area is 266 Å². The maximum absolute atomic E-state index is 13.2. The van der Waals surface area contributed by atoms with Crippen molar-refractivity contribution in [2.45, 2.75) is 125 Å². The number of allylic oxidation sites excluding steroid dienone is 2. The monoisotopic (exact) mass is 606 g/mol. The first-order valence-electron chi connectivity index (χ1n) is 17.4. The minimum Gasteiger partial charge on any atom is -0.460 e. The number of hydrogen-bond donors (Lipinski definition) is 2. The van der Waals surface area contributed by atoms with E-state index in [-0.39, 0.29) is 52.4 Å². The van der Waals surface area contributed by atoms with Gasteiger partial charge in [-0.3, -0.25) is 0 Å². The summed E-state index contributed by atoms with van der Waals surface area (Å²) in [5.74, 6) is 0.986. The predicted molar refractivity (Wildman–Crippen MR) is 173 cm³/mol. The lowest BCUT2D eigenvalue weighted by Gasteiger charge is -2.71. The lowest BCUT2D eigenvalue weighted by Crippen LogP contribution is -2.66. The van der Waals surface area contributed by atoms with Crippen molar-refractivity contribution in [3.05, 3.63) is 47.5 Å². The highest BCUT2D eigenvalue weighted by atomic mass is 16.6. The molecular weight excluding hydrogens is 548 g/mol. The molecule has 4 saturated carbocycles.